The molecule has 0 unspecified atom stereocenters. The van der Waals surface area contributed by atoms with Gasteiger partial charge in [-0.2, -0.15) is 0 Å². The Hall–Kier alpha value is -2.82. The number of nitrogens with one attached hydrogen (secondary N) is 1. The first kappa shape index (κ1) is 23.8. The van der Waals surface area contributed by atoms with Crippen LogP contribution in [-0.2, 0) is 4.79 Å². The van der Waals surface area contributed by atoms with Gasteiger partial charge in [0.25, 0.3) is 0 Å². The highest BCUT2D eigenvalue weighted by molar-refractivity contribution is 5.79. The predicted molar refractivity (Wildman–Crippen MR) is 132 cm³/mol. The molecule has 0 aliphatic carbocycles. The van der Waals surface area contributed by atoms with Crippen molar-refractivity contribution in [2.45, 2.75) is 73.8 Å². The lowest BCUT2D eigenvalue weighted by Gasteiger charge is -2.34. The highest BCUT2D eigenvalue weighted by atomic mass is 16.5. The highest BCUT2D eigenvalue weighted by Gasteiger charge is 2.28. The number of aromatic nitrogens is 2. The lowest BCUT2D eigenvalue weighted by molar-refractivity contribution is -0.135. The first-order chi connectivity index (χ1) is 14.8. The van der Waals surface area contributed by atoms with Gasteiger partial charge in [0, 0.05) is 23.7 Å². The normalized spacial score (nSPS) is 12.4. The number of nitrogens with zero attached hydrogens (tertiary/aromatic N) is 2. The molecule has 1 N–H and O–H groups in total. The Morgan fingerprint density at radius 2 is 1.84 bits per heavy atom. The number of hydrogen-bond acceptors (Lipinski definition) is 4. The molecule has 5 nitrogen and oxygen atoms in total. The maximum absolute atomic E-state index is 12.2. The molecule has 0 fully saturated rings. The Kier molecular flexibility index (Phi) is 6.68. The minimum atomic E-state index is -0.215. The third-order valence-corrected chi connectivity index (χ3v) is 5.12. The van der Waals surface area contributed by atoms with Crippen molar-refractivity contribution < 1.29 is 9.53 Å². The van der Waals surface area contributed by atoms with Crippen LogP contribution < -0.4 is 10.1 Å². The number of ether oxygens (including phenoxy) is 1. The number of anilines is 1. The van der Waals surface area contributed by atoms with Crippen LogP contribution in [0.3, 0.4) is 0 Å². The van der Waals surface area contributed by atoms with Gasteiger partial charge in [-0.15, -0.1) is 0 Å². The van der Waals surface area contributed by atoms with E-state index in [1.807, 2.05) is 38.1 Å². The van der Waals surface area contributed by atoms with Crippen LogP contribution in [0.25, 0.3) is 16.9 Å². The molecule has 0 aliphatic rings. The lowest BCUT2D eigenvalue weighted by Crippen LogP contribution is -2.36. The number of carbonyl (C=O) groups is 1. The zero-order valence-corrected chi connectivity index (χ0v) is 20.7. The summed E-state index contributed by atoms with van der Waals surface area (Å²) in [4.78, 5) is 17.1. The summed E-state index contributed by atoms with van der Waals surface area (Å²) < 4.78 is 7.69. The second-order valence-corrected chi connectivity index (χ2v) is 11.1. The third kappa shape index (κ3) is 6.12. The molecule has 3 rings (SSSR count). The molecule has 0 amide bonds. The van der Waals surface area contributed by atoms with Crippen LogP contribution in [0.2, 0.25) is 0 Å². The molecular weight excluding hydrogens is 398 g/mol. The van der Waals surface area contributed by atoms with Gasteiger partial charge >= 0.3 is 5.97 Å². The fraction of sp³-hybridized carbons (Fsp3) is 0.481. The maximum Gasteiger partial charge on any atom is 0.311 e. The van der Waals surface area contributed by atoms with Gasteiger partial charge in [0.15, 0.2) is 0 Å². The average molecular weight is 436 g/mol. The molecule has 2 aromatic heterocycles. The number of imidazole rings is 1. The standard InChI is InChI=1S/C27H37N3O2/c1-18(2)14-23(31)32-21-11-9-10-20(16-21)24-25(29-27(7,8)17-26(4,5)6)30-13-12-19(3)15-22(30)28-24/h9-13,15-16,18,29H,14,17H2,1-8H3. The third-order valence-electron chi connectivity index (χ3n) is 5.12. The molecule has 3 aromatic rings. The fourth-order valence-corrected chi connectivity index (χ4v) is 4.37. The molecule has 0 aliphatic heterocycles. The quantitative estimate of drug-likeness (QED) is 0.324. The van der Waals surface area contributed by atoms with Gasteiger partial charge in [0.05, 0.1) is 0 Å². The van der Waals surface area contributed by atoms with Crippen molar-refractivity contribution in [1.82, 2.24) is 9.38 Å². The smallest absolute Gasteiger partial charge is 0.311 e. The summed E-state index contributed by atoms with van der Waals surface area (Å²) >= 11 is 0. The van der Waals surface area contributed by atoms with E-state index in [1.165, 1.54) is 0 Å². The van der Waals surface area contributed by atoms with Crippen LogP contribution in [0, 0.1) is 18.3 Å². The summed E-state index contributed by atoms with van der Waals surface area (Å²) in [5.74, 6) is 1.53. The molecule has 0 radical (unpaired) electrons. The van der Waals surface area contributed by atoms with Crippen molar-refractivity contribution in [1.29, 1.82) is 0 Å². The number of carbonyl (C=O) groups excluding carboxylic acids is 1. The molecule has 5 heteroatoms. The number of esters is 1. The zero-order valence-electron chi connectivity index (χ0n) is 20.7. The van der Waals surface area contributed by atoms with E-state index in [0.29, 0.717) is 12.2 Å². The molecule has 2 heterocycles. The molecule has 0 saturated heterocycles. The molecule has 32 heavy (non-hydrogen) atoms. The second kappa shape index (κ2) is 8.97. The summed E-state index contributed by atoms with van der Waals surface area (Å²) in [7, 11) is 0. The number of fused-ring (bicyclic) bond motifs is 1. The number of aryl methyl sites for hydroxylation is 1. The summed E-state index contributed by atoms with van der Waals surface area (Å²) in [5.41, 5.74) is 3.84. The van der Waals surface area contributed by atoms with Crippen molar-refractivity contribution in [3.63, 3.8) is 0 Å². The minimum absolute atomic E-state index is 0.144. The van der Waals surface area contributed by atoms with Gasteiger partial charge in [0.2, 0.25) is 0 Å². The van der Waals surface area contributed by atoms with E-state index in [1.54, 1.807) is 0 Å². The van der Waals surface area contributed by atoms with E-state index < -0.39 is 0 Å². The SMILES string of the molecule is Cc1ccn2c(NC(C)(C)CC(C)(C)C)c(-c3cccc(OC(=O)CC(C)C)c3)nc2c1. The van der Waals surface area contributed by atoms with Crippen LogP contribution in [0.1, 0.15) is 66.9 Å². The Bertz CT molecular complexity index is 1100. The van der Waals surface area contributed by atoms with Gasteiger partial charge in [0.1, 0.15) is 22.9 Å². The summed E-state index contributed by atoms with van der Waals surface area (Å²) in [5, 5.41) is 3.76. The molecule has 0 atom stereocenters. The first-order valence-corrected chi connectivity index (χ1v) is 11.4. The summed E-state index contributed by atoms with van der Waals surface area (Å²) in [6, 6.07) is 11.8. The first-order valence-electron chi connectivity index (χ1n) is 11.4. The van der Waals surface area contributed by atoms with Gasteiger partial charge < -0.3 is 10.1 Å². The van der Waals surface area contributed by atoms with E-state index in [9.17, 15) is 4.79 Å². The van der Waals surface area contributed by atoms with Crippen molar-refractivity contribution in [2.75, 3.05) is 5.32 Å². The highest BCUT2D eigenvalue weighted by Crippen LogP contribution is 2.36. The van der Waals surface area contributed by atoms with E-state index in [-0.39, 0.29) is 22.8 Å². The minimum Gasteiger partial charge on any atom is -0.426 e. The van der Waals surface area contributed by atoms with E-state index in [0.717, 1.165) is 34.7 Å². The fourth-order valence-electron chi connectivity index (χ4n) is 4.37. The number of benzene rings is 1. The number of hydrogen-bond donors (Lipinski definition) is 1. The van der Waals surface area contributed by atoms with Crippen molar-refractivity contribution in [3.8, 4) is 17.0 Å². The Labute approximate surface area is 192 Å². The molecule has 0 bridgehead atoms. The monoisotopic (exact) mass is 435 g/mol. The zero-order chi connectivity index (χ0) is 23.7. The largest absolute Gasteiger partial charge is 0.426 e. The van der Waals surface area contributed by atoms with Crippen LogP contribution in [0.15, 0.2) is 42.6 Å². The number of pyridine rings is 1. The molecule has 172 valence electrons. The van der Waals surface area contributed by atoms with Crippen LogP contribution in [0.5, 0.6) is 5.75 Å². The molecule has 0 saturated carbocycles. The molecule has 0 spiro atoms. The molecule has 1 aromatic carbocycles. The Morgan fingerprint density at radius 3 is 2.50 bits per heavy atom. The van der Waals surface area contributed by atoms with E-state index in [2.05, 4.69) is 69.6 Å². The van der Waals surface area contributed by atoms with E-state index >= 15 is 0 Å². The van der Waals surface area contributed by atoms with Crippen molar-refractivity contribution in [3.05, 3.63) is 48.2 Å². The number of rotatable bonds is 7. The van der Waals surface area contributed by atoms with E-state index in [4.69, 9.17) is 9.72 Å². The Morgan fingerprint density at radius 1 is 1.12 bits per heavy atom. The van der Waals surface area contributed by atoms with Gasteiger partial charge in [-0.1, -0.05) is 46.8 Å². The van der Waals surface area contributed by atoms with Crippen molar-refractivity contribution in [2.24, 2.45) is 11.3 Å². The lowest BCUT2D eigenvalue weighted by atomic mass is 9.82. The molecular formula is C27H37N3O2. The van der Waals surface area contributed by atoms with Crippen LogP contribution in [-0.4, -0.2) is 20.9 Å². The van der Waals surface area contributed by atoms with Crippen LogP contribution >= 0.6 is 0 Å². The second-order valence-electron chi connectivity index (χ2n) is 11.1. The van der Waals surface area contributed by atoms with Gasteiger partial charge in [-0.05, 0) is 68.4 Å². The van der Waals surface area contributed by atoms with Gasteiger partial charge in [-0.25, -0.2) is 4.98 Å². The topological polar surface area (TPSA) is 55.6 Å². The van der Waals surface area contributed by atoms with Gasteiger partial charge in [-0.3, -0.25) is 9.20 Å². The summed E-state index contributed by atoms with van der Waals surface area (Å²) in [6.07, 6.45) is 3.44. The van der Waals surface area contributed by atoms with Crippen LogP contribution in [0.4, 0.5) is 5.82 Å². The predicted octanol–water partition coefficient (Wildman–Crippen LogP) is 6.89. The van der Waals surface area contributed by atoms with Crippen molar-refractivity contribution >= 4 is 17.4 Å². The summed E-state index contributed by atoms with van der Waals surface area (Å²) in [6.45, 7) is 17.3. The average Bonchev–Trinajstić information content (AvgIpc) is 2.95. The maximum atomic E-state index is 12.2. The Balaban J connectivity index is 2.04.